The highest BCUT2D eigenvalue weighted by Crippen LogP contribution is 2.31. The van der Waals surface area contributed by atoms with E-state index in [-0.39, 0.29) is 17.5 Å². The molecule has 0 radical (unpaired) electrons. The van der Waals surface area contributed by atoms with Crippen LogP contribution in [0.25, 0.3) is 0 Å². The van der Waals surface area contributed by atoms with Gasteiger partial charge in [-0.3, -0.25) is 14.5 Å². The molecule has 0 bridgehead atoms. The molecule has 1 aromatic rings. The molecule has 0 spiro atoms. The number of aliphatic hydroxyl groups excluding tert-OH is 4. The monoisotopic (exact) mass is 293 g/mol. The molecule has 3 rings (SSSR count). The van der Waals surface area contributed by atoms with E-state index in [4.69, 9.17) is 0 Å². The van der Waals surface area contributed by atoms with Gasteiger partial charge in [-0.1, -0.05) is 12.1 Å². The highest BCUT2D eigenvalue weighted by molar-refractivity contribution is 6.21. The van der Waals surface area contributed by atoms with Gasteiger partial charge < -0.3 is 20.4 Å². The van der Waals surface area contributed by atoms with Crippen molar-refractivity contribution in [2.75, 3.05) is 0 Å². The Morgan fingerprint density at radius 2 is 1.38 bits per heavy atom. The summed E-state index contributed by atoms with van der Waals surface area (Å²) in [6.07, 6.45) is -6.15. The summed E-state index contributed by atoms with van der Waals surface area (Å²) in [5.74, 6) is -1.15. The molecule has 2 aliphatic rings. The molecule has 1 aliphatic heterocycles. The van der Waals surface area contributed by atoms with E-state index in [0.717, 1.165) is 4.90 Å². The van der Waals surface area contributed by atoms with Crippen LogP contribution in [0.5, 0.6) is 0 Å². The number of aliphatic hydroxyl groups is 4. The molecular formula is C14H15NO6. The Bertz CT molecular complexity index is 568. The van der Waals surface area contributed by atoms with Crippen LogP contribution in [0.2, 0.25) is 0 Å². The summed E-state index contributed by atoms with van der Waals surface area (Å²) in [6, 6.07) is 5.18. The fourth-order valence-electron chi connectivity index (χ4n) is 2.95. The summed E-state index contributed by atoms with van der Waals surface area (Å²) in [6.45, 7) is 0. The van der Waals surface area contributed by atoms with Gasteiger partial charge in [0, 0.05) is 0 Å². The van der Waals surface area contributed by atoms with Gasteiger partial charge >= 0.3 is 0 Å². The van der Waals surface area contributed by atoms with E-state index in [9.17, 15) is 30.0 Å². The summed E-state index contributed by atoms with van der Waals surface area (Å²) in [5.41, 5.74) is 0.453. The molecule has 1 saturated carbocycles. The molecule has 7 nitrogen and oxygen atoms in total. The first-order valence-electron chi connectivity index (χ1n) is 6.62. The zero-order valence-corrected chi connectivity index (χ0v) is 11.0. The van der Waals surface area contributed by atoms with Crippen molar-refractivity contribution in [3.8, 4) is 0 Å². The lowest BCUT2D eigenvalue weighted by atomic mass is 9.84. The predicted molar refractivity (Wildman–Crippen MR) is 69.4 cm³/mol. The minimum Gasteiger partial charge on any atom is -0.390 e. The number of rotatable bonds is 1. The average Bonchev–Trinajstić information content (AvgIpc) is 2.73. The molecule has 0 saturated heterocycles. The van der Waals surface area contributed by atoms with Crippen molar-refractivity contribution in [2.45, 2.75) is 36.9 Å². The summed E-state index contributed by atoms with van der Waals surface area (Å²) >= 11 is 0. The van der Waals surface area contributed by atoms with E-state index in [0.29, 0.717) is 0 Å². The molecule has 7 heteroatoms. The van der Waals surface area contributed by atoms with Gasteiger partial charge in [0.15, 0.2) is 0 Å². The van der Waals surface area contributed by atoms with Crippen LogP contribution in [-0.2, 0) is 0 Å². The van der Waals surface area contributed by atoms with Crippen LogP contribution in [0.15, 0.2) is 24.3 Å². The smallest absolute Gasteiger partial charge is 0.261 e. The zero-order valence-electron chi connectivity index (χ0n) is 11.0. The molecule has 112 valence electrons. The van der Waals surface area contributed by atoms with Crippen LogP contribution in [-0.4, -0.2) is 67.6 Å². The summed E-state index contributed by atoms with van der Waals surface area (Å²) in [7, 11) is 0. The quantitative estimate of drug-likeness (QED) is 0.468. The highest BCUT2D eigenvalue weighted by Gasteiger charge is 2.50. The second kappa shape index (κ2) is 4.88. The Morgan fingerprint density at radius 1 is 0.857 bits per heavy atom. The number of benzene rings is 1. The van der Waals surface area contributed by atoms with Crippen molar-refractivity contribution in [1.82, 2.24) is 4.90 Å². The van der Waals surface area contributed by atoms with E-state index < -0.39 is 42.3 Å². The molecule has 2 amide bonds. The first-order chi connectivity index (χ1) is 9.93. The fraction of sp³-hybridized carbons (Fsp3) is 0.429. The lowest BCUT2D eigenvalue weighted by molar-refractivity contribution is -0.155. The van der Waals surface area contributed by atoms with Crippen LogP contribution in [0.3, 0.4) is 0 Å². The number of hydrogen-bond donors (Lipinski definition) is 4. The standard InChI is InChI=1S/C14H15NO6/c16-9-5-8(10(17)12(19)11(9)18)15-13(20)6-3-1-2-4-7(6)14(15)21/h1-4,8-12,16-19H,5H2/t8-,9+,10+,11-,12+/m0/s1. The first-order valence-corrected chi connectivity index (χ1v) is 6.62. The zero-order chi connectivity index (χ0) is 15.3. The summed E-state index contributed by atoms with van der Waals surface area (Å²) in [5, 5.41) is 39.0. The highest BCUT2D eigenvalue weighted by atomic mass is 16.4. The third-order valence-corrected chi connectivity index (χ3v) is 4.13. The normalized spacial score (nSPS) is 36.0. The van der Waals surface area contributed by atoms with Crippen molar-refractivity contribution < 1.29 is 30.0 Å². The fourth-order valence-corrected chi connectivity index (χ4v) is 2.95. The van der Waals surface area contributed by atoms with E-state index in [2.05, 4.69) is 0 Å². The second-order valence-electron chi connectivity index (χ2n) is 5.37. The number of carbonyl (C=O) groups is 2. The lowest BCUT2D eigenvalue weighted by Gasteiger charge is -2.41. The van der Waals surface area contributed by atoms with Crippen LogP contribution in [0.1, 0.15) is 27.1 Å². The van der Waals surface area contributed by atoms with Crippen LogP contribution < -0.4 is 0 Å². The van der Waals surface area contributed by atoms with Crippen LogP contribution >= 0.6 is 0 Å². The van der Waals surface area contributed by atoms with Gasteiger partial charge in [-0.2, -0.15) is 0 Å². The Morgan fingerprint density at radius 3 is 1.90 bits per heavy atom. The van der Waals surface area contributed by atoms with Crippen molar-refractivity contribution in [1.29, 1.82) is 0 Å². The third kappa shape index (κ3) is 1.97. The number of imide groups is 1. The molecule has 0 aromatic heterocycles. The third-order valence-electron chi connectivity index (χ3n) is 4.13. The summed E-state index contributed by atoms with van der Waals surface area (Å²) in [4.78, 5) is 25.5. The minimum atomic E-state index is -1.62. The number of amides is 2. The Hall–Kier alpha value is -1.80. The molecule has 5 atom stereocenters. The largest absolute Gasteiger partial charge is 0.390 e. The number of hydrogen-bond acceptors (Lipinski definition) is 6. The maximum absolute atomic E-state index is 12.3. The van der Waals surface area contributed by atoms with E-state index in [1.165, 1.54) is 12.1 Å². The van der Waals surface area contributed by atoms with Gasteiger partial charge in [0.2, 0.25) is 0 Å². The van der Waals surface area contributed by atoms with E-state index in [1.54, 1.807) is 12.1 Å². The number of carbonyl (C=O) groups excluding carboxylic acids is 2. The Labute approximate surface area is 120 Å². The van der Waals surface area contributed by atoms with Crippen molar-refractivity contribution in [2.24, 2.45) is 0 Å². The van der Waals surface area contributed by atoms with Gasteiger partial charge in [-0.25, -0.2) is 0 Å². The molecule has 1 aliphatic carbocycles. The van der Waals surface area contributed by atoms with Crippen molar-refractivity contribution in [3.05, 3.63) is 35.4 Å². The van der Waals surface area contributed by atoms with Crippen molar-refractivity contribution >= 4 is 11.8 Å². The molecule has 0 unspecified atom stereocenters. The Balaban J connectivity index is 1.95. The van der Waals surface area contributed by atoms with Gasteiger partial charge in [-0.15, -0.1) is 0 Å². The minimum absolute atomic E-state index is 0.190. The molecule has 1 heterocycles. The average molecular weight is 293 g/mol. The van der Waals surface area contributed by atoms with Gasteiger partial charge in [0.1, 0.15) is 18.3 Å². The molecule has 1 aromatic carbocycles. The molecular weight excluding hydrogens is 278 g/mol. The SMILES string of the molecule is O=C1c2ccccc2C(=O)N1[C@H]1C[C@@H](O)[C@H](O)[C@H](O)[C@@H]1O. The van der Waals surface area contributed by atoms with Crippen LogP contribution in [0.4, 0.5) is 0 Å². The molecule has 1 fully saturated rings. The lowest BCUT2D eigenvalue weighted by Crippen LogP contribution is -2.61. The Kier molecular flexibility index (Phi) is 3.29. The number of nitrogens with zero attached hydrogens (tertiary/aromatic N) is 1. The maximum atomic E-state index is 12.3. The molecule has 21 heavy (non-hydrogen) atoms. The van der Waals surface area contributed by atoms with E-state index in [1.807, 2.05) is 0 Å². The maximum Gasteiger partial charge on any atom is 0.261 e. The topological polar surface area (TPSA) is 118 Å². The van der Waals surface area contributed by atoms with Gasteiger partial charge in [0.25, 0.3) is 11.8 Å². The van der Waals surface area contributed by atoms with Gasteiger partial charge in [0.05, 0.1) is 23.3 Å². The molecule has 4 N–H and O–H groups in total. The first kappa shape index (κ1) is 14.2. The predicted octanol–water partition coefficient (Wildman–Crippen LogP) is -1.50. The van der Waals surface area contributed by atoms with Gasteiger partial charge in [-0.05, 0) is 18.6 Å². The second-order valence-corrected chi connectivity index (χ2v) is 5.37. The van der Waals surface area contributed by atoms with E-state index >= 15 is 0 Å². The summed E-state index contributed by atoms with van der Waals surface area (Å²) < 4.78 is 0. The van der Waals surface area contributed by atoms with Crippen molar-refractivity contribution in [3.63, 3.8) is 0 Å². The number of fused-ring (bicyclic) bond motifs is 1. The van der Waals surface area contributed by atoms with Crippen LogP contribution in [0, 0.1) is 0 Å².